The zero-order valence-electron chi connectivity index (χ0n) is 18.9. The number of nitrogens with zero attached hydrogens (tertiary/aromatic N) is 4. The first-order valence-corrected chi connectivity index (χ1v) is 10.6. The fourth-order valence-corrected chi connectivity index (χ4v) is 5.48. The number of nitrogens with one attached hydrogen (secondary N) is 1. The van der Waals surface area contributed by atoms with Crippen molar-refractivity contribution in [3.05, 3.63) is 66.1 Å². The van der Waals surface area contributed by atoms with E-state index in [0.29, 0.717) is 0 Å². The molecule has 4 aliphatic rings. The van der Waals surface area contributed by atoms with Crippen molar-refractivity contribution in [2.45, 2.75) is 31.1 Å². The van der Waals surface area contributed by atoms with E-state index in [4.69, 9.17) is 9.57 Å². The first kappa shape index (κ1) is 21.1. The van der Waals surface area contributed by atoms with Crippen molar-refractivity contribution < 1.29 is 19.2 Å². The molecule has 4 heterocycles. The number of carbonyl (C=O) groups is 2. The molecule has 1 saturated heterocycles. The van der Waals surface area contributed by atoms with Crippen LogP contribution in [0.15, 0.2) is 70.5 Å². The topological polar surface area (TPSA) is 95.8 Å². The lowest BCUT2D eigenvalue weighted by Crippen LogP contribution is -2.76. The van der Waals surface area contributed by atoms with Gasteiger partial charge in [0.15, 0.2) is 5.76 Å². The van der Waals surface area contributed by atoms with Gasteiger partial charge in [-0.1, -0.05) is 38.1 Å². The highest BCUT2D eigenvalue weighted by atomic mass is 16.7. The van der Waals surface area contributed by atoms with Crippen molar-refractivity contribution >= 4 is 30.1 Å². The summed E-state index contributed by atoms with van der Waals surface area (Å²) >= 11 is 0. The Balaban J connectivity index is 1.90. The maximum Gasteiger partial charge on any atom is 0.296 e. The monoisotopic (exact) mass is 447 g/mol. The van der Waals surface area contributed by atoms with Gasteiger partial charge < -0.3 is 10.1 Å². The van der Waals surface area contributed by atoms with Crippen LogP contribution in [0.1, 0.15) is 19.4 Å². The highest BCUT2D eigenvalue weighted by Crippen LogP contribution is 2.65. The van der Waals surface area contributed by atoms with Crippen LogP contribution < -0.4 is 10.4 Å². The summed E-state index contributed by atoms with van der Waals surface area (Å²) in [5, 5.41) is 4.71. The first-order chi connectivity index (χ1) is 15.8. The molecule has 1 spiro atoms. The zero-order chi connectivity index (χ0) is 23.6. The maximum absolute atomic E-state index is 13.8. The minimum atomic E-state index is -1.44. The molecule has 0 saturated carbocycles. The Labute approximate surface area is 191 Å². The van der Waals surface area contributed by atoms with Gasteiger partial charge in [-0.15, -0.1) is 6.58 Å². The Kier molecular flexibility index (Phi) is 4.41. The Morgan fingerprint density at radius 1 is 1.24 bits per heavy atom. The van der Waals surface area contributed by atoms with Gasteiger partial charge in [0.1, 0.15) is 18.1 Å². The van der Waals surface area contributed by atoms with Crippen molar-refractivity contribution in [2.75, 3.05) is 19.3 Å². The molecule has 4 aliphatic heterocycles. The van der Waals surface area contributed by atoms with Gasteiger partial charge >= 0.3 is 0 Å². The molecule has 0 aromatic heterocycles. The van der Waals surface area contributed by atoms with Crippen LogP contribution in [0.4, 0.5) is 5.69 Å². The normalized spacial score (nSPS) is 30.8. The third-order valence-corrected chi connectivity index (χ3v) is 7.04. The number of hydrogen-bond acceptors (Lipinski definition) is 7. The van der Waals surface area contributed by atoms with Crippen molar-refractivity contribution in [1.29, 1.82) is 0 Å². The van der Waals surface area contributed by atoms with Gasteiger partial charge in [0, 0.05) is 11.6 Å². The van der Waals surface area contributed by atoms with Crippen LogP contribution in [-0.2, 0) is 24.6 Å². The number of methoxy groups -OCH3 is 1. The van der Waals surface area contributed by atoms with Crippen molar-refractivity contribution in [2.24, 2.45) is 15.4 Å². The van der Waals surface area contributed by atoms with Gasteiger partial charge in [-0.3, -0.25) is 24.3 Å². The van der Waals surface area contributed by atoms with Crippen LogP contribution in [0.3, 0.4) is 0 Å². The quantitative estimate of drug-likeness (QED) is 0.551. The average molecular weight is 447 g/mol. The van der Waals surface area contributed by atoms with E-state index in [1.54, 1.807) is 23.4 Å². The molecular formula is C24H25N5O4. The number of hydrogen-bond donors (Lipinski definition) is 1. The van der Waals surface area contributed by atoms with Gasteiger partial charge in [-0.05, 0) is 23.8 Å². The molecule has 0 bridgehead atoms. The predicted molar refractivity (Wildman–Crippen MR) is 123 cm³/mol. The number of rotatable bonds is 5. The molecule has 1 aromatic carbocycles. The molecule has 5 rings (SSSR count). The summed E-state index contributed by atoms with van der Waals surface area (Å²) in [4.78, 5) is 42.9. The van der Waals surface area contributed by atoms with Gasteiger partial charge in [0.25, 0.3) is 11.8 Å². The largest absolute Gasteiger partial charge is 0.491 e. The number of fused-ring (bicyclic) bond motifs is 2. The van der Waals surface area contributed by atoms with E-state index in [0.717, 1.165) is 11.3 Å². The second-order valence-corrected chi connectivity index (χ2v) is 8.81. The van der Waals surface area contributed by atoms with Crippen LogP contribution in [0, 0.1) is 5.41 Å². The molecule has 0 radical (unpaired) electrons. The summed E-state index contributed by atoms with van der Waals surface area (Å²) in [6.07, 6.45) is 8.26. The summed E-state index contributed by atoms with van der Waals surface area (Å²) in [6, 6.07) is 7.22. The van der Waals surface area contributed by atoms with Gasteiger partial charge in [-0.25, -0.2) is 10.1 Å². The summed E-state index contributed by atoms with van der Waals surface area (Å²) in [6.45, 7) is 8.11. The van der Waals surface area contributed by atoms with Gasteiger partial charge in [-0.2, -0.15) is 0 Å². The standard InChI is InChI=1S/C24H25N5O4/c1-6-22(2,3)23-12-19(32-4)21(31)28-18(11-15-13-25-14-26-15)20(30)27-24(23,28)29(33-5)17-10-8-7-9-16(17)23/h6-15H,1H2,2-5H3,(H,27,30)/b18-11+/t15?,23-,24-/m1/s1. The molecule has 1 aromatic rings. The second kappa shape index (κ2) is 6.89. The molecule has 1 fully saturated rings. The van der Waals surface area contributed by atoms with Crippen LogP contribution in [0.25, 0.3) is 0 Å². The smallest absolute Gasteiger partial charge is 0.296 e. The number of anilines is 1. The minimum absolute atomic E-state index is 0.124. The van der Waals surface area contributed by atoms with E-state index in [2.05, 4.69) is 21.9 Å². The molecule has 1 unspecified atom stereocenters. The highest BCUT2D eigenvalue weighted by Gasteiger charge is 2.77. The van der Waals surface area contributed by atoms with Crippen LogP contribution in [0.2, 0.25) is 0 Å². The molecule has 9 heteroatoms. The third kappa shape index (κ3) is 2.34. The average Bonchev–Trinajstić information content (AvgIpc) is 3.48. The molecule has 170 valence electrons. The lowest BCUT2D eigenvalue weighted by molar-refractivity contribution is -0.145. The number of amides is 2. The Hall–Kier alpha value is -3.72. The van der Waals surface area contributed by atoms with Gasteiger partial charge in [0.05, 0.1) is 25.3 Å². The minimum Gasteiger partial charge on any atom is -0.491 e. The number of para-hydroxylation sites is 1. The Bertz CT molecular complexity index is 1190. The van der Waals surface area contributed by atoms with Gasteiger partial charge in [0.2, 0.25) is 5.79 Å². The fraction of sp³-hybridized carbons (Fsp3) is 0.333. The Morgan fingerprint density at radius 2 is 2.00 bits per heavy atom. The SMILES string of the molecule is C=CC(C)(C)[C@]12C=C(OC)C(=O)N3/C(=C/C4C=NC=N4)C(=O)N[C@@]31N(OC)c1ccccc12. The van der Waals surface area contributed by atoms with Crippen molar-refractivity contribution in [3.63, 3.8) is 0 Å². The zero-order valence-corrected chi connectivity index (χ0v) is 18.9. The fourth-order valence-electron chi connectivity index (χ4n) is 5.48. The van der Waals surface area contributed by atoms with E-state index >= 15 is 0 Å². The molecule has 1 N–H and O–H groups in total. The van der Waals surface area contributed by atoms with Crippen molar-refractivity contribution in [1.82, 2.24) is 10.2 Å². The first-order valence-electron chi connectivity index (χ1n) is 10.6. The number of aliphatic imine (C=N–C) groups is 2. The summed E-state index contributed by atoms with van der Waals surface area (Å²) in [5.41, 5.74) is 0.0622. The molecule has 9 nitrogen and oxygen atoms in total. The predicted octanol–water partition coefficient (Wildman–Crippen LogP) is 2.04. The van der Waals surface area contributed by atoms with E-state index in [9.17, 15) is 9.59 Å². The maximum atomic E-state index is 13.8. The highest BCUT2D eigenvalue weighted by molar-refractivity contribution is 6.09. The molecule has 0 aliphatic carbocycles. The van der Waals surface area contributed by atoms with Crippen LogP contribution in [0.5, 0.6) is 0 Å². The lowest BCUT2D eigenvalue weighted by atomic mass is 9.57. The van der Waals surface area contributed by atoms with Crippen LogP contribution >= 0.6 is 0 Å². The number of carbonyl (C=O) groups excluding carboxylic acids is 2. The lowest BCUT2D eigenvalue weighted by Gasteiger charge is -2.56. The molecule has 33 heavy (non-hydrogen) atoms. The summed E-state index contributed by atoms with van der Waals surface area (Å²) < 4.78 is 5.57. The van der Waals surface area contributed by atoms with Crippen LogP contribution in [-0.4, -0.2) is 55.3 Å². The van der Waals surface area contributed by atoms with E-state index in [-0.39, 0.29) is 11.5 Å². The number of benzene rings is 1. The van der Waals surface area contributed by atoms with Crippen molar-refractivity contribution in [3.8, 4) is 0 Å². The van der Waals surface area contributed by atoms with E-state index < -0.39 is 34.5 Å². The molecule has 3 atom stereocenters. The number of ether oxygens (including phenoxy) is 1. The Morgan fingerprint density at radius 3 is 2.64 bits per heavy atom. The van der Waals surface area contributed by atoms with E-state index in [1.165, 1.54) is 25.5 Å². The third-order valence-electron chi connectivity index (χ3n) is 7.04. The second-order valence-electron chi connectivity index (χ2n) is 8.81. The number of allylic oxidation sites excluding steroid dienone is 1. The molecule has 2 amide bonds. The summed E-state index contributed by atoms with van der Waals surface area (Å²) in [7, 11) is 2.96. The number of hydroxylamine groups is 1. The summed E-state index contributed by atoms with van der Waals surface area (Å²) in [5.74, 6) is -2.21. The molecular weight excluding hydrogens is 422 g/mol. The van der Waals surface area contributed by atoms with E-state index in [1.807, 2.05) is 44.2 Å².